The minimum Gasteiger partial charge on any atom is -0.456 e. The fraction of sp³-hybridized carbons (Fsp3) is 0. The van der Waals surface area contributed by atoms with Crippen LogP contribution in [0.15, 0.2) is 227 Å². The third-order valence-electron chi connectivity index (χ3n) is 14.0. The molecule has 0 spiro atoms. The lowest BCUT2D eigenvalue weighted by Crippen LogP contribution is -2.00. The molecule has 15 rings (SSSR count). The molecule has 0 saturated carbocycles. The van der Waals surface area contributed by atoms with Crippen molar-refractivity contribution in [3.8, 4) is 51.0 Å². The summed E-state index contributed by atoms with van der Waals surface area (Å²) in [6.45, 7) is 0. The highest BCUT2D eigenvalue weighted by Crippen LogP contribution is 2.43. The van der Waals surface area contributed by atoms with Crippen LogP contribution < -0.4 is 0 Å². The van der Waals surface area contributed by atoms with Crippen LogP contribution in [0.25, 0.3) is 149 Å². The summed E-state index contributed by atoms with van der Waals surface area (Å²) < 4.78 is 15.6. The number of benzene rings is 11. The van der Waals surface area contributed by atoms with E-state index in [1.54, 1.807) is 0 Å². The molecule has 0 fully saturated rings. The van der Waals surface area contributed by atoms with Crippen LogP contribution in [-0.2, 0) is 0 Å². The van der Waals surface area contributed by atoms with E-state index >= 15 is 0 Å². The first-order chi connectivity index (χ1) is 34.2. The Balaban J connectivity index is 0.976. The Labute approximate surface area is 394 Å². The molecule has 0 atom stereocenters. The molecule has 0 aliphatic rings. The SMILES string of the molecule is c1ccc(-c2cccc(-c3nc(-c4ccc5c(c4)oc4ccccc45)nc(-c4cccc5oc6ccc7ccc(-n8c9cc%10ccccc%10cc9c9c%10ccccc%10ccc98)cc7c6c45)n3)c2)cc1. The summed E-state index contributed by atoms with van der Waals surface area (Å²) in [5, 5.41) is 13.6. The first kappa shape index (κ1) is 37.8. The molecule has 6 nitrogen and oxygen atoms in total. The highest BCUT2D eigenvalue weighted by atomic mass is 16.3. The zero-order chi connectivity index (χ0) is 45.2. The van der Waals surface area contributed by atoms with E-state index in [0.717, 1.165) is 99.2 Å². The van der Waals surface area contributed by atoms with E-state index in [1.165, 1.54) is 32.3 Å². The van der Waals surface area contributed by atoms with Crippen LogP contribution in [-0.4, -0.2) is 19.5 Å². The van der Waals surface area contributed by atoms with Gasteiger partial charge >= 0.3 is 0 Å². The zero-order valence-corrected chi connectivity index (χ0v) is 36.9. The first-order valence-corrected chi connectivity index (χ1v) is 23.2. The van der Waals surface area contributed by atoms with Crippen molar-refractivity contribution in [1.82, 2.24) is 19.5 Å². The molecule has 320 valence electrons. The van der Waals surface area contributed by atoms with Gasteiger partial charge in [0.05, 0.1) is 11.0 Å². The molecular formula is C63H36N4O2. The summed E-state index contributed by atoms with van der Waals surface area (Å²) in [5.41, 5.74) is 11.3. The van der Waals surface area contributed by atoms with Gasteiger partial charge < -0.3 is 13.4 Å². The van der Waals surface area contributed by atoms with E-state index in [4.69, 9.17) is 23.8 Å². The van der Waals surface area contributed by atoms with Crippen molar-refractivity contribution < 1.29 is 8.83 Å². The average molecular weight is 881 g/mol. The van der Waals surface area contributed by atoms with Gasteiger partial charge in [0.15, 0.2) is 17.5 Å². The number of aromatic nitrogens is 4. The minimum absolute atomic E-state index is 0.547. The largest absolute Gasteiger partial charge is 0.456 e. The Morgan fingerprint density at radius 3 is 1.80 bits per heavy atom. The van der Waals surface area contributed by atoms with Gasteiger partial charge in [0.25, 0.3) is 0 Å². The van der Waals surface area contributed by atoms with Gasteiger partial charge in [-0.05, 0) is 110 Å². The van der Waals surface area contributed by atoms with Gasteiger partial charge in [-0.25, -0.2) is 15.0 Å². The summed E-state index contributed by atoms with van der Waals surface area (Å²) in [5.74, 6) is 1.67. The Hall–Kier alpha value is -9.39. The van der Waals surface area contributed by atoms with E-state index in [1.807, 2.05) is 42.5 Å². The number of rotatable bonds is 5. The second-order valence-corrected chi connectivity index (χ2v) is 17.9. The number of para-hydroxylation sites is 1. The monoisotopic (exact) mass is 880 g/mol. The normalized spacial score (nSPS) is 12.1. The van der Waals surface area contributed by atoms with Gasteiger partial charge in [0.1, 0.15) is 22.3 Å². The van der Waals surface area contributed by atoms with Gasteiger partial charge in [-0.2, -0.15) is 0 Å². The predicted molar refractivity (Wildman–Crippen MR) is 283 cm³/mol. The molecule has 69 heavy (non-hydrogen) atoms. The molecule has 4 aromatic heterocycles. The Kier molecular flexibility index (Phi) is 7.97. The molecule has 4 heterocycles. The molecule has 0 amide bonds. The van der Waals surface area contributed by atoms with Crippen LogP contribution in [0.1, 0.15) is 0 Å². The van der Waals surface area contributed by atoms with Crippen LogP contribution in [0.2, 0.25) is 0 Å². The van der Waals surface area contributed by atoms with E-state index in [9.17, 15) is 0 Å². The maximum atomic E-state index is 6.77. The topological polar surface area (TPSA) is 69.9 Å². The molecule has 0 N–H and O–H groups in total. The summed E-state index contributed by atoms with van der Waals surface area (Å²) in [7, 11) is 0. The van der Waals surface area contributed by atoms with E-state index in [2.05, 4.69) is 180 Å². The lowest BCUT2D eigenvalue weighted by Gasteiger charge is -2.12. The van der Waals surface area contributed by atoms with Crippen molar-refractivity contribution in [2.45, 2.75) is 0 Å². The third-order valence-corrected chi connectivity index (χ3v) is 14.0. The van der Waals surface area contributed by atoms with Gasteiger partial charge in [-0.3, -0.25) is 0 Å². The fourth-order valence-corrected chi connectivity index (χ4v) is 10.8. The van der Waals surface area contributed by atoms with E-state index < -0.39 is 0 Å². The zero-order valence-electron chi connectivity index (χ0n) is 36.9. The number of hydrogen-bond acceptors (Lipinski definition) is 5. The summed E-state index contributed by atoms with van der Waals surface area (Å²) in [6.07, 6.45) is 0. The van der Waals surface area contributed by atoms with Crippen molar-refractivity contribution in [2.24, 2.45) is 0 Å². The molecule has 0 unspecified atom stereocenters. The highest BCUT2D eigenvalue weighted by molar-refractivity contribution is 6.25. The standard InChI is InChI=1S/C63H36N4O2/c1-2-12-37(13-3-1)40-17-10-18-43(32-40)61-64-62(44-25-29-48-47-20-8-9-22-54(47)68-57(48)35-44)66-63(65-61)49-21-11-23-55-59(49)60-50-36-45(28-24-39(50)27-31-56(60)69-55)67-52-30-26-38-14-6-7-19-46(38)58(52)51-33-41-15-4-5-16-42(41)34-53(51)67/h1-36H. The third kappa shape index (κ3) is 5.82. The highest BCUT2D eigenvalue weighted by Gasteiger charge is 2.22. The van der Waals surface area contributed by atoms with Gasteiger partial charge in [-0.1, -0.05) is 152 Å². The van der Waals surface area contributed by atoms with Crippen LogP contribution >= 0.6 is 0 Å². The molecule has 15 aromatic rings. The van der Waals surface area contributed by atoms with Crippen molar-refractivity contribution in [2.75, 3.05) is 0 Å². The molecule has 0 aliphatic heterocycles. The molecule has 6 heteroatoms. The average Bonchev–Trinajstić information content (AvgIpc) is 4.09. The lowest BCUT2D eigenvalue weighted by atomic mass is 9.99. The van der Waals surface area contributed by atoms with Crippen molar-refractivity contribution in [3.05, 3.63) is 218 Å². The first-order valence-electron chi connectivity index (χ1n) is 23.2. The number of furan rings is 2. The Morgan fingerprint density at radius 2 is 0.913 bits per heavy atom. The Bertz CT molecular complexity index is 4620. The van der Waals surface area contributed by atoms with Gasteiger partial charge in [0, 0.05) is 54.7 Å². The van der Waals surface area contributed by atoms with Crippen molar-refractivity contribution in [1.29, 1.82) is 0 Å². The lowest BCUT2D eigenvalue weighted by molar-refractivity contribution is 0.669. The number of fused-ring (bicyclic) bond motifs is 14. The Morgan fingerprint density at radius 1 is 0.290 bits per heavy atom. The number of nitrogens with zero attached hydrogens (tertiary/aromatic N) is 4. The molecule has 0 saturated heterocycles. The minimum atomic E-state index is 0.547. The fourth-order valence-electron chi connectivity index (χ4n) is 10.8. The number of hydrogen-bond donors (Lipinski definition) is 0. The summed E-state index contributed by atoms with van der Waals surface area (Å²) >= 11 is 0. The van der Waals surface area contributed by atoms with Crippen LogP contribution in [0.4, 0.5) is 0 Å². The molecule has 0 aliphatic carbocycles. The van der Waals surface area contributed by atoms with E-state index in [-0.39, 0.29) is 0 Å². The molecular weight excluding hydrogens is 845 g/mol. The maximum absolute atomic E-state index is 6.77. The summed E-state index contributed by atoms with van der Waals surface area (Å²) in [4.78, 5) is 15.9. The smallest absolute Gasteiger partial charge is 0.164 e. The second kappa shape index (κ2) is 14.6. The van der Waals surface area contributed by atoms with Gasteiger partial charge in [0.2, 0.25) is 0 Å². The van der Waals surface area contributed by atoms with Crippen LogP contribution in [0, 0.1) is 0 Å². The maximum Gasteiger partial charge on any atom is 0.164 e. The molecule has 11 aromatic carbocycles. The summed E-state index contributed by atoms with van der Waals surface area (Å²) in [6, 6.07) is 77.0. The van der Waals surface area contributed by atoms with Crippen LogP contribution in [0.3, 0.4) is 0 Å². The second-order valence-electron chi connectivity index (χ2n) is 17.9. The van der Waals surface area contributed by atoms with Gasteiger partial charge in [-0.15, -0.1) is 0 Å². The molecule has 0 radical (unpaired) electrons. The van der Waals surface area contributed by atoms with Crippen molar-refractivity contribution in [3.63, 3.8) is 0 Å². The van der Waals surface area contributed by atoms with Crippen molar-refractivity contribution >= 4 is 98.0 Å². The quantitative estimate of drug-likeness (QED) is 0.172. The predicted octanol–water partition coefficient (Wildman–Crippen LogP) is 16.9. The van der Waals surface area contributed by atoms with Crippen LogP contribution in [0.5, 0.6) is 0 Å². The van der Waals surface area contributed by atoms with E-state index in [0.29, 0.717) is 17.5 Å². The molecule has 0 bridgehead atoms.